The molecule has 7 heteroatoms. The van der Waals surface area contributed by atoms with Gasteiger partial charge >= 0.3 is 6.18 Å². The Bertz CT molecular complexity index is 762. The van der Waals surface area contributed by atoms with Gasteiger partial charge in [0.1, 0.15) is 5.76 Å². The number of allylic oxidation sites excluding steroid dienone is 1. The highest BCUT2D eigenvalue weighted by Crippen LogP contribution is 2.27. The summed E-state index contributed by atoms with van der Waals surface area (Å²) in [5, 5.41) is 11.6. The Morgan fingerprint density at radius 3 is 2.48 bits per heavy atom. The van der Waals surface area contributed by atoms with Gasteiger partial charge in [-0.25, -0.2) is 0 Å². The third-order valence-electron chi connectivity index (χ3n) is 2.96. The maximum Gasteiger partial charge on any atom is 0.455 e. The Morgan fingerprint density at radius 1 is 1.22 bits per heavy atom. The average Bonchev–Trinajstić information content (AvgIpc) is 3.02. The lowest BCUT2D eigenvalue weighted by Crippen LogP contribution is -2.26. The van der Waals surface area contributed by atoms with Crippen LogP contribution in [0.3, 0.4) is 0 Å². The number of halogens is 3. The van der Waals surface area contributed by atoms with E-state index in [0.29, 0.717) is 5.69 Å². The Kier molecular flexibility index (Phi) is 5.00. The third kappa shape index (κ3) is 4.07. The van der Waals surface area contributed by atoms with E-state index in [4.69, 9.17) is 0 Å². The van der Waals surface area contributed by atoms with Crippen molar-refractivity contribution in [2.24, 2.45) is 4.99 Å². The van der Waals surface area contributed by atoms with Crippen molar-refractivity contribution in [3.05, 3.63) is 57.8 Å². The van der Waals surface area contributed by atoms with Crippen LogP contribution in [0.1, 0.15) is 10.4 Å². The lowest BCUT2D eigenvalue weighted by atomic mass is 10.1. The summed E-state index contributed by atoms with van der Waals surface area (Å²) in [4.78, 5) is 15.7. The minimum absolute atomic E-state index is 0.161. The second-order valence-electron chi connectivity index (χ2n) is 4.61. The number of benzene rings is 1. The highest BCUT2D eigenvalue weighted by molar-refractivity contribution is 7.11. The second-order valence-corrected chi connectivity index (χ2v) is 5.56. The average molecular weight is 339 g/mol. The lowest BCUT2D eigenvalue weighted by Gasteiger charge is -2.08. The van der Waals surface area contributed by atoms with Gasteiger partial charge in [0.05, 0.1) is 16.1 Å². The Morgan fingerprint density at radius 2 is 1.91 bits per heavy atom. The van der Waals surface area contributed by atoms with Gasteiger partial charge in [-0.3, -0.25) is 9.79 Å². The van der Waals surface area contributed by atoms with Crippen molar-refractivity contribution in [3.63, 3.8) is 0 Å². The molecular formula is C16H12F3NO2S. The molecule has 0 amide bonds. The molecule has 0 bridgehead atoms. The van der Waals surface area contributed by atoms with E-state index in [1.54, 1.807) is 42.6 Å². The molecule has 0 unspecified atom stereocenters. The van der Waals surface area contributed by atoms with E-state index >= 15 is 0 Å². The van der Waals surface area contributed by atoms with Gasteiger partial charge in [-0.2, -0.15) is 13.2 Å². The number of aliphatic imine (C=N–C) groups is 1. The van der Waals surface area contributed by atoms with Crippen molar-refractivity contribution in [2.75, 3.05) is 0 Å². The van der Waals surface area contributed by atoms with Crippen LogP contribution >= 0.6 is 11.3 Å². The highest BCUT2D eigenvalue weighted by atomic mass is 32.1. The molecule has 1 heterocycles. The van der Waals surface area contributed by atoms with Crippen molar-refractivity contribution in [1.29, 1.82) is 0 Å². The molecule has 1 aromatic heterocycles. The van der Waals surface area contributed by atoms with Crippen molar-refractivity contribution in [1.82, 2.24) is 0 Å². The summed E-state index contributed by atoms with van der Waals surface area (Å²) in [7, 11) is 0. The predicted octanol–water partition coefficient (Wildman–Crippen LogP) is 4.86. The summed E-state index contributed by atoms with van der Waals surface area (Å²) in [6.07, 6.45) is -4.34. The number of nitrogens with zero attached hydrogens (tertiary/aromatic N) is 1. The molecule has 23 heavy (non-hydrogen) atoms. The zero-order valence-electron chi connectivity index (χ0n) is 12.0. The van der Waals surface area contributed by atoms with Gasteiger partial charge in [-0.1, -0.05) is 24.3 Å². The monoisotopic (exact) mass is 339 g/mol. The fraction of sp³-hybridized carbons (Fsp3) is 0.125. The summed E-state index contributed by atoms with van der Waals surface area (Å²) in [5.74, 6) is -2.87. The van der Waals surface area contributed by atoms with Crippen LogP contribution in [0.2, 0.25) is 0 Å². The van der Waals surface area contributed by atoms with E-state index in [9.17, 15) is 23.1 Å². The standard InChI is InChI=1S/C16H12F3NO2S/c1-10-5-2-3-6-12(10)20-9-11(15(22)16(17,18)19)14(21)13-7-4-8-23-13/h2-9,21H,1H3/b14-11+,20-9?. The molecule has 1 aromatic carbocycles. The maximum atomic E-state index is 12.8. The highest BCUT2D eigenvalue weighted by Gasteiger charge is 2.41. The topological polar surface area (TPSA) is 49.7 Å². The molecule has 0 atom stereocenters. The molecule has 0 aliphatic carbocycles. The van der Waals surface area contributed by atoms with E-state index in [1.807, 2.05) is 0 Å². The normalized spacial score (nSPS) is 13.2. The number of hydrogen-bond acceptors (Lipinski definition) is 4. The zero-order valence-corrected chi connectivity index (χ0v) is 12.8. The summed E-state index contributed by atoms with van der Waals surface area (Å²) in [6.45, 7) is 1.74. The SMILES string of the molecule is Cc1ccccc1N=C/C(C(=O)C(F)(F)F)=C(\O)c1cccs1. The number of ketones is 1. The van der Waals surface area contributed by atoms with Gasteiger partial charge in [0.25, 0.3) is 5.78 Å². The van der Waals surface area contributed by atoms with Crippen molar-refractivity contribution < 1.29 is 23.1 Å². The van der Waals surface area contributed by atoms with Gasteiger partial charge in [0, 0.05) is 6.21 Å². The number of thiophene rings is 1. The molecule has 2 aromatic rings. The minimum atomic E-state index is -5.10. The first-order valence-corrected chi connectivity index (χ1v) is 7.37. The Labute approximate surface area is 134 Å². The minimum Gasteiger partial charge on any atom is -0.506 e. The number of hydrogen-bond donors (Lipinski definition) is 1. The van der Waals surface area contributed by atoms with Crippen LogP contribution < -0.4 is 0 Å². The molecule has 0 saturated heterocycles. The van der Waals surface area contributed by atoms with Crippen molar-refractivity contribution >= 4 is 34.8 Å². The van der Waals surface area contributed by atoms with E-state index < -0.39 is 23.3 Å². The van der Waals surface area contributed by atoms with E-state index in [0.717, 1.165) is 23.1 Å². The van der Waals surface area contributed by atoms with Gasteiger partial charge in [-0.15, -0.1) is 11.3 Å². The number of aliphatic hydroxyl groups excluding tert-OH is 1. The molecule has 0 aliphatic heterocycles. The van der Waals surface area contributed by atoms with Gasteiger partial charge in [-0.05, 0) is 30.0 Å². The fourth-order valence-corrected chi connectivity index (χ4v) is 2.45. The van der Waals surface area contributed by atoms with Crippen LogP contribution in [-0.4, -0.2) is 23.3 Å². The summed E-state index contributed by atoms with van der Waals surface area (Å²) in [6, 6.07) is 9.75. The molecule has 0 radical (unpaired) electrons. The molecule has 120 valence electrons. The number of aliphatic hydroxyl groups is 1. The van der Waals surface area contributed by atoms with Crippen LogP contribution in [0.4, 0.5) is 18.9 Å². The van der Waals surface area contributed by atoms with E-state index in [2.05, 4.69) is 4.99 Å². The largest absolute Gasteiger partial charge is 0.506 e. The molecular weight excluding hydrogens is 327 g/mol. The van der Waals surface area contributed by atoms with E-state index in [-0.39, 0.29) is 4.88 Å². The second kappa shape index (κ2) is 6.78. The van der Waals surface area contributed by atoms with Crippen molar-refractivity contribution in [3.8, 4) is 0 Å². The third-order valence-corrected chi connectivity index (χ3v) is 3.84. The predicted molar refractivity (Wildman–Crippen MR) is 84.3 cm³/mol. The van der Waals surface area contributed by atoms with Gasteiger partial charge in [0.2, 0.25) is 0 Å². The van der Waals surface area contributed by atoms with Gasteiger partial charge < -0.3 is 5.11 Å². The number of alkyl halides is 3. The number of aryl methyl sites for hydroxylation is 1. The lowest BCUT2D eigenvalue weighted by molar-refractivity contribution is -0.165. The summed E-state index contributed by atoms with van der Waals surface area (Å²) in [5.41, 5.74) is 0.264. The van der Waals surface area contributed by atoms with E-state index in [1.165, 1.54) is 6.07 Å². The number of rotatable bonds is 4. The van der Waals surface area contributed by atoms with Crippen LogP contribution in [0, 0.1) is 6.92 Å². The molecule has 3 nitrogen and oxygen atoms in total. The molecule has 0 fully saturated rings. The maximum absolute atomic E-state index is 12.8. The van der Waals surface area contributed by atoms with Crippen LogP contribution in [0.25, 0.3) is 5.76 Å². The Hall–Kier alpha value is -2.41. The van der Waals surface area contributed by atoms with Crippen molar-refractivity contribution in [2.45, 2.75) is 13.1 Å². The summed E-state index contributed by atoms with van der Waals surface area (Å²) >= 11 is 1.02. The molecule has 0 aliphatic rings. The van der Waals surface area contributed by atoms with Crippen LogP contribution in [0.5, 0.6) is 0 Å². The number of Topliss-reactive ketones (excluding diaryl/α,β-unsaturated/α-hetero) is 1. The van der Waals surface area contributed by atoms with Crippen LogP contribution in [-0.2, 0) is 4.79 Å². The number of carbonyl (C=O) groups is 1. The number of para-hydroxylation sites is 1. The van der Waals surface area contributed by atoms with Gasteiger partial charge in [0.15, 0.2) is 0 Å². The molecule has 0 spiro atoms. The molecule has 1 N–H and O–H groups in total. The number of carbonyl (C=O) groups excluding carboxylic acids is 1. The zero-order chi connectivity index (χ0) is 17.0. The first-order chi connectivity index (χ1) is 10.8. The molecule has 2 rings (SSSR count). The Balaban J connectivity index is 2.49. The fourth-order valence-electron chi connectivity index (χ4n) is 1.77. The van der Waals surface area contributed by atoms with Crippen LogP contribution in [0.15, 0.2) is 52.3 Å². The first-order valence-electron chi connectivity index (χ1n) is 6.49. The summed E-state index contributed by atoms with van der Waals surface area (Å²) < 4.78 is 38.3. The first kappa shape index (κ1) is 17.0. The quantitative estimate of drug-likeness (QED) is 0.491. The molecule has 0 saturated carbocycles. The smallest absolute Gasteiger partial charge is 0.455 e.